The van der Waals surface area contributed by atoms with E-state index in [1.807, 2.05) is 35.8 Å². The number of benzene rings is 1. The first-order chi connectivity index (χ1) is 9.15. The molecule has 0 aliphatic carbocycles. The standard InChI is InChI=1S/C13H12N4O2/c14-13(19)17-16-12(18)6-5-9-7-10-3-1-2-4-11(10)15-8-9/h1-8H,(H,16,18)(H3,14,17,19). The lowest BCUT2D eigenvalue weighted by Gasteiger charge is -2.00. The highest BCUT2D eigenvalue weighted by Crippen LogP contribution is 2.13. The van der Waals surface area contributed by atoms with E-state index in [1.165, 1.54) is 6.08 Å². The molecule has 0 aliphatic heterocycles. The van der Waals surface area contributed by atoms with Crippen LogP contribution in [0.3, 0.4) is 0 Å². The lowest BCUT2D eigenvalue weighted by atomic mass is 10.1. The maximum Gasteiger partial charge on any atom is 0.330 e. The predicted molar refractivity (Wildman–Crippen MR) is 71.6 cm³/mol. The van der Waals surface area contributed by atoms with Gasteiger partial charge in [0.2, 0.25) is 0 Å². The van der Waals surface area contributed by atoms with Gasteiger partial charge in [0.15, 0.2) is 0 Å². The van der Waals surface area contributed by atoms with Gasteiger partial charge in [-0.05, 0) is 23.8 Å². The molecule has 0 saturated carbocycles. The number of amides is 3. The van der Waals surface area contributed by atoms with Crippen molar-refractivity contribution in [2.75, 3.05) is 0 Å². The maximum absolute atomic E-state index is 11.3. The van der Waals surface area contributed by atoms with Gasteiger partial charge in [-0.1, -0.05) is 18.2 Å². The van der Waals surface area contributed by atoms with Crippen molar-refractivity contribution >= 4 is 28.9 Å². The Morgan fingerprint density at radius 2 is 2.00 bits per heavy atom. The van der Waals surface area contributed by atoms with Crippen LogP contribution in [-0.2, 0) is 4.79 Å². The van der Waals surface area contributed by atoms with E-state index in [1.54, 1.807) is 12.3 Å². The molecule has 0 aliphatic rings. The van der Waals surface area contributed by atoms with Crippen molar-refractivity contribution in [2.24, 2.45) is 5.73 Å². The van der Waals surface area contributed by atoms with Crippen molar-refractivity contribution in [3.05, 3.63) is 48.2 Å². The van der Waals surface area contributed by atoms with Crippen molar-refractivity contribution in [3.63, 3.8) is 0 Å². The molecule has 0 fully saturated rings. The average molecular weight is 256 g/mol. The molecule has 2 rings (SSSR count). The molecule has 3 amide bonds. The van der Waals surface area contributed by atoms with E-state index in [9.17, 15) is 9.59 Å². The fraction of sp³-hybridized carbons (Fsp3) is 0. The molecule has 4 N–H and O–H groups in total. The molecule has 6 heteroatoms. The molecule has 6 nitrogen and oxygen atoms in total. The van der Waals surface area contributed by atoms with Crippen LogP contribution in [0.15, 0.2) is 42.6 Å². The molecule has 1 heterocycles. The Labute approximate surface area is 109 Å². The number of hydrogen-bond acceptors (Lipinski definition) is 3. The Kier molecular flexibility index (Phi) is 3.72. The van der Waals surface area contributed by atoms with E-state index in [0.29, 0.717) is 0 Å². The number of pyridine rings is 1. The van der Waals surface area contributed by atoms with Crippen LogP contribution in [0.5, 0.6) is 0 Å². The summed E-state index contributed by atoms with van der Waals surface area (Å²) in [7, 11) is 0. The summed E-state index contributed by atoms with van der Waals surface area (Å²) in [5.74, 6) is -0.480. The molecule has 0 atom stereocenters. The largest absolute Gasteiger partial charge is 0.350 e. The van der Waals surface area contributed by atoms with Crippen LogP contribution in [0, 0.1) is 0 Å². The Balaban J connectivity index is 2.08. The van der Waals surface area contributed by atoms with E-state index in [4.69, 9.17) is 5.73 Å². The first-order valence-corrected chi connectivity index (χ1v) is 5.53. The zero-order chi connectivity index (χ0) is 13.7. The number of rotatable bonds is 2. The highest BCUT2D eigenvalue weighted by molar-refractivity contribution is 5.93. The number of hydrogen-bond donors (Lipinski definition) is 3. The summed E-state index contributed by atoms with van der Waals surface area (Å²) in [6.07, 6.45) is 4.53. The first kappa shape index (κ1) is 12.6. The van der Waals surface area contributed by atoms with E-state index >= 15 is 0 Å². The molecule has 0 bridgehead atoms. The third-order valence-electron chi connectivity index (χ3n) is 2.35. The summed E-state index contributed by atoms with van der Waals surface area (Å²) in [5, 5.41) is 0.986. The van der Waals surface area contributed by atoms with Crippen LogP contribution in [0.25, 0.3) is 17.0 Å². The molecular formula is C13H12N4O2. The molecule has 19 heavy (non-hydrogen) atoms. The minimum Gasteiger partial charge on any atom is -0.350 e. The average Bonchev–Trinajstić information content (AvgIpc) is 2.42. The number of nitrogens with two attached hydrogens (primary N) is 1. The van der Waals surface area contributed by atoms with Crippen LogP contribution < -0.4 is 16.6 Å². The number of urea groups is 1. The van der Waals surface area contributed by atoms with Crippen molar-refractivity contribution < 1.29 is 9.59 Å². The lowest BCUT2D eigenvalue weighted by molar-refractivity contribution is -0.117. The number of hydrazine groups is 1. The van der Waals surface area contributed by atoms with Crippen LogP contribution in [0.2, 0.25) is 0 Å². The second kappa shape index (κ2) is 5.63. The summed E-state index contributed by atoms with van der Waals surface area (Å²) in [5.41, 5.74) is 10.6. The number of nitrogens with one attached hydrogen (secondary N) is 2. The van der Waals surface area contributed by atoms with Gasteiger partial charge >= 0.3 is 6.03 Å². The maximum atomic E-state index is 11.3. The highest BCUT2D eigenvalue weighted by Gasteiger charge is 1.97. The highest BCUT2D eigenvalue weighted by atomic mass is 16.2. The summed E-state index contributed by atoms with van der Waals surface area (Å²) < 4.78 is 0. The number of carbonyl (C=O) groups is 2. The fourth-order valence-corrected chi connectivity index (χ4v) is 1.52. The van der Waals surface area contributed by atoms with Crippen LogP contribution in [0.4, 0.5) is 4.79 Å². The SMILES string of the molecule is NC(=O)NNC(=O)C=Cc1cnc2ccccc2c1. The molecule has 0 unspecified atom stereocenters. The third kappa shape index (κ3) is 3.53. The van der Waals surface area contributed by atoms with Gasteiger partial charge in [0.25, 0.3) is 5.91 Å². The normalized spacial score (nSPS) is 10.5. The van der Waals surface area contributed by atoms with Crippen molar-refractivity contribution in [1.82, 2.24) is 15.8 Å². The summed E-state index contributed by atoms with van der Waals surface area (Å²) in [6, 6.07) is 8.76. The van der Waals surface area contributed by atoms with Gasteiger partial charge in [0.1, 0.15) is 0 Å². The molecule has 0 spiro atoms. The Morgan fingerprint density at radius 3 is 2.79 bits per heavy atom. The van der Waals surface area contributed by atoms with Gasteiger partial charge in [0.05, 0.1) is 5.52 Å². The van der Waals surface area contributed by atoms with Gasteiger partial charge in [-0.25, -0.2) is 10.2 Å². The lowest BCUT2D eigenvalue weighted by Crippen LogP contribution is -2.43. The second-order valence-electron chi connectivity index (χ2n) is 3.77. The molecule has 1 aromatic heterocycles. The molecule has 96 valence electrons. The predicted octanol–water partition coefficient (Wildman–Crippen LogP) is 0.948. The number of fused-ring (bicyclic) bond motifs is 1. The molecule has 2 aromatic rings. The zero-order valence-electron chi connectivity index (χ0n) is 9.96. The van der Waals surface area contributed by atoms with Gasteiger partial charge in [-0.2, -0.15) is 0 Å². The van der Waals surface area contributed by atoms with E-state index in [-0.39, 0.29) is 0 Å². The van der Waals surface area contributed by atoms with Crippen molar-refractivity contribution in [1.29, 1.82) is 0 Å². The molecular weight excluding hydrogens is 244 g/mol. The number of nitrogens with zero attached hydrogens (tertiary/aromatic N) is 1. The number of carbonyl (C=O) groups excluding carboxylic acids is 2. The minimum atomic E-state index is -0.825. The third-order valence-corrected chi connectivity index (χ3v) is 2.35. The van der Waals surface area contributed by atoms with E-state index in [2.05, 4.69) is 10.4 Å². The quantitative estimate of drug-likeness (QED) is 0.551. The van der Waals surface area contributed by atoms with Gasteiger partial charge in [-0.3, -0.25) is 15.2 Å². The van der Waals surface area contributed by atoms with E-state index in [0.717, 1.165) is 16.5 Å². The monoisotopic (exact) mass is 256 g/mol. The van der Waals surface area contributed by atoms with E-state index < -0.39 is 11.9 Å². The number of para-hydroxylation sites is 1. The zero-order valence-corrected chi connectivity index (χ0v) is 9.96. The van der Waals surface area contributed by atoms with Crippen LogP contribution in [-0.4, -0.2) is 16.9 Å². The van der Waals surface area contributed by atoms with Crippen LogP contribution >= 0.6 is 0 Å². The van der Waals surface area contributed by atoms with Crippen molar-refractivity contribution in [2.45, 2.75) is 0 Å². The second-order valence-corrected chi connectivity index (χ2v) is 3.77. The smallest absolute Gasteiger partial charge is 0.330 e. The Hall–Kier alpha value is -2.89. The Bertz CT molecular complexity index is 652. The topological polar surface area (TPSA) is 97.1 Å². The summed E-state index contributed by atoms with van der Waals surface area (Å²) >= 11 is 0. The van der Waals surface area contributed by atoms with Crippen LogP contribution in [0.1, 0.15) is 5.56 Å². The molecule has 0 saturated heterocycles. The van der Waals surface area contributed by atoms with Gasteiger partial charge < -0.3 is 5.73 Å². The first-order valence-electron chi connectivity index (χ1n) is 5.53. The Morgan fingerprint density at radius 1 is 1.21 bits per heavy atom. The number of aromatic nitrogens is 1. The summed E-state index contributed by atoms with van der Waals surface area (Å²) in [4.78, 5) is 25.9. The molecule has 1 aromatic carbocycles. The van der Waals surface area contributed by atoms with Crippen molar-refractivity contribution in [3.8, 4) is 0 Å². The van der Waals surface area contributed by atoms with Gasteiger partial charge in [0, 0.05) is 17.7 Å². The fourth-order valence-electron chi connectivity index (χ4n) is 1.52. The van der Waals surface area contributed by atoms with Gasteiger partial charge in [-0.15, -0.1) is 0 Å². The molecule has 0 radical (unpaired) electrons. The minimum absolute atomic E-state index is 0.480. The summed E-state index contributed by atoms with van der Waals surface area (Å²) in [6.45, 7) is 0. The number of primary amides is 1.